The Morgan fingerprint density at radius 1 is 1.31 bits per heavy atom. The molecule has 2 heterocycles. The topological polar surface area (TPSA) is 56.7 Å². The van der Waals surface area contributed by atoms with Crippen molar-refractivity contribution in [2.75, 3.05) is 26.2 Å². The van der Waals surface area contributed by atoms with Crippen LogP contribution in [-0.2, 0) is 11.3 Å². The fraction of sp³-hybridized carbons (Fsp3) is 0.619. The van der Waals surface area contributed by atoms with Crippen molar-refractivity contribution in [3.8, 4) is 0 Å². The van der Waals surface area contributed by atoms with E-state index >= 15 is 0 Å². The second-order valence-electron chi connectivity index (χ2n) is 6.99. The molecular weight excluding hydrogens is 326 g/mol. The molecule has 1 amide bonds. The van der Waals surface area contributed by atoms with Crippen LogP contribution in [0.2, 0.25) is 0 Å². The fourth-order valence-electron chi connectivity index (χ4n) is 3.11. The quantitative estimate of drug-likeness (QED) is 0.743. The van der Waals surface area contributed by atoms with E-state index in [2.05, 4.69) is 30.3 Å². The van der Waals surface area contributed by atoms with E-state index < -0.39 is 0 Å². The zero-order valence-corrected chi connectivity index (χ0v) is 16.9. The molecule has 5 heteroatoms. The first kappa shape index (κ1) is 22.2. The Kier molecular flexibility index (Phi) is 9.96. The molecule has 0 unspecified atom stereocenters. The number of aliphatic hydroxyl groups is 1. The Hall–Kier alpha value is -1.88. The van der Waals surface area contributed by atoms with E-state index in [9.17, 15) is 9.90 Å². The molecule has 1 fully saturated rings. The predicted octanol–water partition coefficient (Wildman–Crippen LogP) is 4.11. The number of piperidine rings is 1. The van der Waals surface area contributed by atoms with Crippen LogP contribution < -0.4 is 0 Å². The molecular formula is C21H35N3O2. The SMILES string of the molecule is C=C(O)c1ccnc(CN(CC(=O)N2CCCCC2)CC(C)C)c1.CC. The minimum atomic E-state index is 0.0402. The van der Waals surface area contributed by atoms with Crippen LogP contribution in [0.5, 0.6) is 0 Å². The molecule has 0 aliphatic carbocycles. The number of pyridine rings is 1. The number of aromatic nitrogens is 1. The van der Waals surface area contributed by atoms with Gasteiger partial charge in [0, 0.05) is 37.9 Å². The number of nitrogens with zero attached hydrogens (tertiary/aromatic N) is 3. The van der Waals surface area contributed by atoms with E-state index in [1.807, 2.05) is 24.8 Å². The highest BCUT2D eigenvalue weighted by Gasteiger charge is 2.20. The average Bonchev–Trinajstić information content (AvgIpc) is 2.63. The van der Waals surface area contributed by atoms with Gasteiger partial charge in [-0.05, 0) is 37.3 Å². The third-order valence-electron chi connectivity index (χ3n) is 4.23. The summed E-state index contributed by atoms with van der Waals surface area (Å²) in [5.74, 6) is 0.715. The summed E-state index contributed by atoms with van der Waals surface area (Å²) in [5.41, 5.74) is 1.52. The number of hydrogen-bond donors (Lipinski definition) is 1. The van der Waals surface area contributed by atoms with E-state index in [4.69, 9.17) is 0 Å². The number of carbonyl (C=O) groups excluding carboxylic acids is 1. The van der Waals surface area contributed by atoms with Crippen LogP contribution in [0, 0.1) is 5.92 Å². The van der Waals surface area contributed by atoms with Crippen LogP contribution >= 0.6 is 0 Å². The van der Waals surface area contributed by atoms with Crippen molar-refractivity contribution in [1.82, 2.24) is 14.8 Å². The minimum absolute atomic E-state index is 0.0402. The highest BCUT2D eigenvalue weighted by Crippen LogP contribution is 2.14. The zero-order chi connectivity index (χ0) is 19.5. The highest BCUT2D eigenvalue weighted by atomic mass is 16.3. The summed E-state index contributed by atoms with van der Waals surface area (Å²) >= 11 is 0. The van der Waals surface area contributed by atoms with Gasteiger partial charge in [-0.3, -0.25) is 14.7 Å². The first-order valence-electron chi connectivity index (χ1n) is 9.79. The van der Waals surface area contributed by atoms with Crippen molar-refractivity contribution >= 4 is 11.7 Å². The lowest BCUT2D eigenvalue weighted by molar-refractivity contribution is -0.133. The third-order valence-corrected chi connectivity index (χ3v) is 4.23. The van der Waals surface area contributed by atoms with Gasteiger partial charge in [0.15, 0.2) is 0 Å². The number of rotatable bonds is 7. The Labute approximate surface area is 158 Å². The molecule has 5 nitrogen and oxygen atoms in total. The van der Waals surface area contributed by atoms with E-state index in [-0.39, 0.29) is 11.7 Å². The van der Waals surface area contributed by atoms with Crippen LogP contribution in [0.3, 0.4) is 0 Å². The molecule has 0 aromatic carbocycles. The van der Waals surface area contributed by atoms with Crippen molar-refractivity contribution in [3.05, 3.63) is 36.2 Å². The van der Waals surface area contributed by atoms with Gasteiger partial charge in [-0.25, -0.2) is 0 Å². The second kappa shape index (κ2) is 11.7. The van der Waals surface area contributed by atoms with Crippen molar-refractivity contribution in [2.45, 2.75) is 53.5 Å². The summed E-state index contributed by atoms with van der Waals surface area (Å²) < 4.78 is 0. The van der Waals surface area contributed by atoms with Crippen molar-refractivity contribution in [3.63, 3.8) is 0 Å². The first-order valence-corrected chi connectivity index (χ1v) is 9.79. The molecule has 26 heavy (non-hydrogen) atoms. The van der Waals surface area contributed by atoms with Crippen LogP contribution in [-0.4, -0.2) is 52.0 Å². The Bertz CT molecular complexity index is 566. The molecule has 2 rings (SSSR count). The molecule has 1 aromatic heterocycles. The monoisotopic (exact) mass is 361 g/mol. The molecule has 0 saturated carbocycles. The van der Waals surface area contributed by atoms with E-state index in [0.717, 1.165) is 38.2 Å². The van der Waals surface area contributed by atoms with Crippen LogP contribution in [0.1, 0.15) is 58.2 Å². The van der Waals surface area contributed by atoms with E-state index in [1.54, 1.807) is 12.3 Å². The van der Waals surface area contributed by atoms with Crippen molar-refractivity contribution in [1.29, 1.82) is 0 Å². The van der Waals surface area contributed by atoms with Crippen LogP contribution in [0.25, 0.3) is 5.76 Å². The molecule has 1 saturated heterocycles. The predicted molar refractivity (Wildman–Crippen MR) is 108 cm³/mol. The smallest absolute Gasteiger partial charge is 0.236 e. The lowest BCUT2D eigenvalue weighted by Gasteiger charge is -2.30. The maximum absolute atomic E-state index is 12.6. The van der Waals surface area contributed by atoms with Crippen molar-refractivity contribution in [2.24, 2.45) is 5.92 Å². The molecule has 0 atom stereocenters. The average molecular weight is 362 g/mol. The Morgan fingerprint density at radius 3 is 2.54 bits per heavy atom. The number of likely N-dealkylation sites (tertiary alicyclic amines) is 1. The number of aliphatic hydroxyl groups excluding tert-OH is 1. The Morgan fingerprint density at radius 2 is 1.96 bits per heavy atom. The van der Waals surface area contributed by atoms with Gasteiger partial charge in [-0.2, -0.15) is 0 Å². The summed E-state index contributed by atoms with van der Waals surface area (Å²) in [4.78, 5) is 21.1. The standard InChI is InChI=1S/C19H29N3O2.C2H6/c1-15(2)12-21(14-19(24)22-9-5-4-6-10-22)13-18-11-17(16(3)23)7-8-20-18;1-2/h7-8,11,15,23H,3-6,9-10,12-14H2,1-2H3;1-2H3. The van der Waals surface area contributed by atoms with Crippen molar-refractivity contribution < 1.29 is 9.90 Å². The van der Waals surface area contributed by atoms with E-state index in [0.29, 0.717) is 24.6 Å². The summed E-state index contributed by atoms with van der Waals surface area (Å²) in [5, 5.41) is 9.55. The molecule has 1 aromatic rings. The molecule has 0 spiro atoms. The van der Waals surface area contributed by atoms with Gasteiger partial charge < -0.3 is 10.0 Å². The highest BCUT2D eigenvalue weighted by molar-refractivity contribution is 5.78. The lowest BCUT2D eigenvalue weighted by Crippen LogP contribution is -2.43. The number of amides is 1. The maximum atomic E-state index is 12.6. The van der Waals surface area contributed by atoms with Gasteiger partial charge in [0.1, 0.15) is 5.76 Å². The molecule has 0 radical (unpaired) electrons. The zero-order valence-electron chi connectivity index (χ0n) is 16.9. The van der Waals surface area contributed by atoms with Gasteiger partial charge in [0.2, 0.25) is 5.91 Å². The normalized spacial score (nSPS) is 14.2. The molecule has 0 bridgehead atoms. The lowest BCUT2D eigenvalue weighted by atomic mass is 10.1. The molecule has 1 aliphatic rings. The second-order valence-corrected chi connectivity index (χ2v) is 6.99. The summed E-state index contributed by atoms with van der Waals surface area (Å²) in [7, 11) is 0. The van der Waals surface area contributed by atoms with E-state index in [1.165, 1.54) is 6.42 Å². The van der Waals surface area contributed by atoms with Gasteiger partial charge in [-0.1, -0.05) is 34.3 Å². The van der Waals surface area contributed by atoms with Crippen LogP contribution in [0.15, 0.2) is 24.9 Å². The first-order chi connectivity index (χ1) is 12.5. The Balaban J connectivity index is 0.00000163. The number of hydrogen-bond acceptors (Lipinski definition) is 4. The summed E-state index contributed by atoms with van der Waals surface area (Å²) in [6, 6.07) is 3.57. The van der Waals surface area contributed by atoms with Gasteiger partial charge in [0.25, 0.3) is 0 Å². The summed E-state index contributed by atoms with van der Waals surface area (Å²) in [6.07, 6.45) is 5.11. The van der Waals surface area contributed by atoms with Gasteiger partial charge in [-0.15, -0.1) is 0 Å². The molecule has 1 aliphatic heterocycles. The molecule has 146 valence electrons. The minimum Gasteiger partial charge on any atom is -0.508 e. The fourth-order valence-corrected chi connectivity index (χ4v) is 3.11. The summed E-state index contributed by atoms with van der Waals surface area (Å²) in [6.45, 7) is 15.5. The number of carbonyl (C=O) groups is 1. The van der Waals surface area contributed by atoms with Gasteiger partial charge in [0.05, 0.1) is 12.2 Å². The largest absolute Gasteiger partial charge is 0.508 e. The van der Waals surface area contributed by atoms with Crippen LogP contribution in [0.4, 0.5) is 0 Å². The van der Waals surface area contributed by atoms with Gasteiger partial charge >= 0.3 is 0 Å². The maximum Gasteiger partial charge on any atom is 0.236 e. The third kappa shape index (κ3) is 7.56. The molecule has 1 N–H and O–H groups in total.